The summed E-state index contributed by atoms with van der Waals surface area (Å²) in [5.41, 5.74) is 3.43. The summed E-state index contributed by atoms with van der Waals surface area (Å²) < 4.78 is 0. The van der Waals surface area contributed by atoms with Crippen LogP contribution in [0.2, 0.25) is 10.0 Å². The van der Waals surface area contributed by atoms with Crippen LogP contribution < -0.4 is 5.32 Å². The second kappa shape index (κ2) is 9.16. The largest absolute Gasteiger partial charge is 0.354 e. The van der Waals surface area contributed by atoms with E-state index in [1.807, 2.05) is 30.0 Å². The molecule has 0 radical (unpaired) electrons. The first-order valence-corrected chi connectivity index (χ1v) is 10.1. The monoisotopic (exact) mass is 450 g/mol. The van der Waals surface area contributed by atoms with Gasteiger partial charge in [0.2, 0.25) is 0 Å². The molecule has 0 bridgehead atoms. The van der Waals surface area contributed by atoms with E-state index in [0.29, 0.717) is 26.9 Å². The molecule has 29 heavy (non-hydrogen) atoms. The fraction of sp³-hybridized carbons (Fsp3) is 0.286. The molecule has 4 rings (SSSR count). The third kappa shape index (κ3) is 4.58. The van der Waals surface area contributed by atoms with Crippen molar-refractivity contribution in [3.63, 3.8) is 0 Å². The lowest BCUT2D eigenvalue weighted by molar-refractivity contribution is 0.0725. The van der Waals surface area contributed by atoms with E-state index < -0.39 is 0 Å². The number of aromatic nitrogens is 2. The Labute approximate surface area is 185 Å². The second-order valence-corrected chi connectivity index (χ2v) is 7.79. The minimum Gasteiger partial charge on any atom is -0.354 e. The van der Waals surface area contributed by atoms with E-state index in [0.717, 1.165) is 49.1 Å². The van der Waals surface area contributed by atoms with Crippen molar-refractivity contribution in [2.75, 3.05) is 18.4 Å². The van der Waals surface area contributed by atoms with Gasteiger partial charge in [0.1, 0.15) is 0 Å². The Bertz CT molecular complexity index is 1050. The van der Waals surface area contributed by atoms with E-state index >= 15 is 0 Å². The number of anilines is 2. The van der Waals surface area contributed by atoms with E-state index in [-0.39, 0.29) is 18.3 Å². The number of pyridine rings is 2. The van der Waals surface area contributed by atoms with Crippen LogP contribution in [-0.4, -0.2) is 33.9 Å². The molecule has 3 aromatic rings. The van der Waals surface area contributed by atoms with Crippen LogP contribution in [-0.2, 0) is 0 Å². The molecular formula is C21H21Cl3N4O. The van der Waals surface area contributed by atoms with Gasteiger partial charge < -0.3 is 10.2 Å². The summed E-state index contributed by atoms with van der Waals surface area (Å²) in [7, 11) is 0. The molecule has 1 amide bonds. The van der Waals surface area contributed by atoms with Crippen LogP contribution in [0.25, 0.3) is 11.0 Å². The quantitative estimate of drug-likeness (QED) is 0.527. The zero-order valence-electron chi connectivity index (χ0n) is 15.9. The van der Waals surface area contributed by atoms with Crippen LogP contribution in [0.5, 0.6) is 0 Å². The van der Waals surface area contributed by atoms with Crippen LogP contribution in [0.3, 0.4) is 0 Å². The number of benzene rings is 1. The molecule has 1 N–H and O–H groups in total. The maximum Gasteiger partial charge on any atom is 0.257 e. The molecule has 1 aliphatic heterocycles. The van der Waals surface area contributed by atoms with E-state index in [9.17, 15) is 4.79 Å². The number of halogens is 3. The molecule has 5 nitrogen and oxygen atoms in total. The summed E-state index contributed by atoms with van der Waals surface area (Å²) in [5.74, 6) is -0.0164. The number of rotatable bonds is 3. The van der Waals surface area contributed by atoms with Crippen molar-refractivity contribution in [3.8, 4) is 0 Å². The highest BCUT2D eigenvalue weighted by atomic mass is 35.5. The molecule has 2 aromatic heterocycles. The lowest BCUT2D eigenvalue weighted by atomic mass is 10.1. The molecule has 0 atom stereocenters. The van der Waals surface area contributed by atoms with E-state index in [1.165, 1.54) is 0 Å². The van der Waals surface area contributed by atoms with Gasteiger partial charge in [0.15, 0.2) is 5.65 Å². The highest BCUT2D eigenvalue weighted by Crippen LogP contribution is 2.32. The summed E-state index contributed by atoms with van der Waals surface area (Å²) in [6, 6.07) is 9.16. The Kier molecular flexibility index (Phi) is 6.83. The van der Waals surface area contributed by atoms with Gasteiger partial charge >= 0.3 is 0 Å². The minimum atomic E-state index is -0.0164. The van der Waals surface area contributed by atoms with Gasteiger partial charge in [-0.15, -0.1) is 12.4 Å². The lowest BCUT2D eigenvalue weighted by Crippen LogP contribution is -2.36. The first-order valence-electron chi connectivity index (χ1n) is 9.30. The van der Waals surface area contributed by atoms with Crippen LogP contribution in [0, 0.1) is 6.92 Å². The van der Waals surface area contributed by atoms with Crippen molar-refractivity contribution in [2.45, 2.75) is 26.2 Å². The molecule has 152 valence electrons. The van der Waals surface area contributed by atoms with Crippen molar-refractivity contribution in [3.05, 3.63) is 57.8 Å². The summed E-state index contributed by atoms with van der Waals surface area (Å²) in [5, 5.41) is 5.07. The third-order valence-corrected chi connectivity index (χ3v) is 5.67. The Balaban J connectivity index is 0.00000240. The first kappa shape index (κ1) is 21.6. The van der Waals surface area contributed by atoms with Gasteiger partial charge in [-0.1, -0.05) is 23.2 Å². The van der Waals surface area contributed by atoms with E-state index in [1.54, 1.807) is 18.3 Å². The van der Waals surface area contributed by atoms with Crippen molar-refractivity contribution in [1.82, 2.24) is 14.9 Å². The molecule has 1 aromatic carbocycles. The lowest BCUT2D eigenvalue weighted by Gasteiger charge is -2.27. The Hall–Kier alpha value is -2.08. The van der Waals surface area contributed by atoms with Crippen LogP contribution in [0.4, 0.5) is 11.4 Å². The van der Waals surface area contributed by atoms with Gasteiger partial charge in [0, 0.05) is 36.1 Å². The Morgan fingerprint density at radius 1 is 1.07 bits per heavy atom. The van der Waals surface area contributed by atoms with Crippen LogP contribution in [0.1, 0.15) is 35.3 Å². The molecule has 0 aliphatic carbocycles. The normalized spacial score (nSPS) is 13.8. The third-order valence-electron chi connectivity index (χ3n) is 4.93. The summed E-state index contributed by atoms with van der Waals surface area (Å²) >= 11 is 12.2. The molecule has 1 fully saturated rings. The van der Waals surface area contributed by atoms with Crippen LogP contribution in [0.15, 0.2) is 36.5 Å². The molecule has 1 saturated heterocycles. The smallest absolute Gasteiger partial charge is 0.257 e. The fourth-order valence-electron chi connectivity index (χ4n) is 3.45. The summed E-state index contributed by atoms with van der Waals surface area (Å²) in [6.45, 7) is 3.46. The van der Waals surface area contributed by atoms with Crippen molar-refractivity contribution >= 4 is 63.9 Å². The number of fused-ring (bicyclic) bond motifs is 1. The zero-order valence-corrected chi connectivity index (χ0v) is 18.2. The van der Waals surface area contributed by atoms with E-state index in [4.69, 9.17) is 23.2 Å². The number of piperidine rings is 1. The molecule has 0 saturated carbocycles. The molecule has 1 aliphatic rings. The molecule has 3 heterocycles. The number of likely N-dealkylation sites (tertiary alicyclic amines) is 1. The number of carbonyl (C=O) groups is 1. The van der Waals surface area contributed by atoms with Gasteiger partial charge in [-0.3, -0.25) is 4.79 Å². The number of nitrogens with zero attached hydrogens (tertiary/aromatic N) is 3. The Morgan fingerprint density at radius 3 is 2.55 bits per heavy atom. The number of nitrogens with one attached hydrogen (secondary N) is 1. The van der Waals surface area contributed by atoms with Gasteiger partial charge in [0.25, 0.3) is 5.91 Å². The second-order valence-electron chi connectivity index (χ2n) is 6.98. The topological polar surface area (TPSA) is 58.1 Å². The zero-order chi connectivity index (χ0) is 19.7. The average Bonchev–Trinajstić information content (AvgIpc) is 2.71. The predicted molar refractivity (Wildman–Crippen MR) is 121 cm³/mol. The predicted octanol–water partition coefficient (Wildman–Crippen LogP) is 6.04. The standard InChI is InChI=1S/C21H20Cl2N4O.ClH/c1-13-5-7-15-19(26-14-6-8-17(22)18(23)11-14)16(12-24-20(15)25-13)21(28)27-9-3-2-4-10-27;/h5-8,11-12H,2-4,9-10H2,1H3,(H,24,25,26);1H. The van der Waals surface area contributed by atoms with E-state index in [2.05, 4.69) is 15.3 Å². The molecule has 8 heteroatoms. The number of amides is 1. The highest BCUT2D eigenvalue weighted by molar-refractivity contribution is 6.42. The average molecular weight is 452 g/mol. The molecule has 0 unspecified atom stereocenters. The van der Waals surface area contributed by atoms with Gasteiger partial charge in [-0.05, 0) is 56.5 Å². The van der Waals surface area contributed by atoms with Crippen molar-refractivity contribution < 1.29 is 4.79 Å². The maximum atomic E-state index is 13.2. The van der Waals surface area contributed by atoms with Crippen molar-refractivity contribution in [2.24, 2.45) is 0 Å². The number of carbonyl (C=O) groups excluding carboxylic acids is 1. The fourth-order valence-corrected chi connectivity index (χ4v) is 3.75. The Morgan fingerprint density at radius 2 is 1.83 bits per heavy atom. The summed E-state index contributed by atoms with van der Waals surface area (Å²) in [6.07, 6.45) is 4.84. The number of aryl methyl sites for hydroxylation is 1. The number of hydrogen-bond acceptors (Lipinski definition) is 4. The first-order chi connectivity index (χ1) is 13.5. The molecular weight excluding hydrogens is 431 g/mol. The SMILES string of the molecule is Cc1ccc2c(Nc3ccc(Cl)c(Cl)c3)c(C(=O)N3CCCCC3)cnc2n1.Cl. The van der Waals surface area contributed by atoms with Gasteiger partial charge in [-0.2, -0.15) is 0 Å². The minimum absolute atomic E-state index is 0. The highest BCUT2D eigenvalue weighted by Gasteiger charge is 2.23. The molecule has 0 spiro atoms. The van der Waals surface area contributed by atoms with Crippen LogP contribution >= 0.6 is 35.6 Å². The number of hydrogen-bond donors (Lipinski definition) is 1. The van der Waals surface area contributed by atoms with Gasteiger partial charge in [-0.25, -0.2) is 9.97 Å². The van der Waals surface area contributed by atoms with Gasteiger partial charge in [0.05, 0.1) is 21.3 Å². The maximum absolute atomic E-state index is 13.2. The summed E-state index contributed by atoms with van der Waals surface area (Å²) in [4.78, 5) is 24.1. The van der Waals surface area contributed by atoms with Crippen molar-refractivity contribution in [1.29, 1.82) is 0 Å².